The van der Waals surface area contributed by atoms with Crippen molar-refractivity contribution in [1.29, 1.82) is 0 Å². The molecule has 0 aliphatic rings. The average molecular weight is 376 g/mol. The first-order valence-electron chi connectivity index (χ1n) is 9.88. The average Bonchev–Trinajstić information content (AvgIpc) is 2.73. The van der Waals surface area contributed by atoms with Crippen molar-refractivity contribution in [3.8, 4) is 11.5 Å². The number of ether oxygens (including phenoxy) is 2. The van der Waals surface area contributed by atoms with Crippen LogP contribution in [0.2, 0.25) is 0 Å². The van der Waals surface area contributed by atoms with Gasteiger partial charge >= 0.3 is 0 Å². The molecule has 0 aromatic heterocycles. The molecule has 0 bridgehead atoms. The van der Waals surface area contributed by atoms with Gasteiger partial charge in [-0.25, -0.2) is 0 Å². The second kappa shape index (κ2) is 9.95. The maximum atomic E-state index is 6.02. The van der Waals surface area contributed by atoms with Crippen molar-refractivity contribution in [1.82, 2.24) is 5.32 Å². The Morgan fingerprint density at radius 1 is 0.821 bits per heavy atom. The lowest BCUT2D eigenvalue weighted by Crippen LogP contribution is -2.18. The van der Waals surface area contributed by atoms with Gasteiger partial charge in [0, 0.05) is 12.6 Å². The van der Waals surface area contributed by atoms with Crippen LogP contribution in [0.4, 0.5) is 0 Å². The number of hydrogen-bond acceptors (Lipinski definition) is 3. The summed E-state index contributed by atoms with van der Waals surface area (Å²) in [4.78, 5) is 0. The Morgan fingerprint density at radius 2 is 1.54 bits per heavy atom. The first kappa shape index (κ1) is 20.0. The maximum Gasteiger partial charge on any atom is 0.161 e. The highest BCUT2D eigenvalue weighted by Gasteiger charge is 2.09. The van der Waals surface area contributed by atoms with Crippen LogP contribution in [0.15, 0.2) is 72.8 Å². The Bertz CT molecular complexity index is 859. The molecule has 0 heterocycles. The molecule has 3 aromatic rings. The molecule has 0 saturated heterocycles. The van der Waals surface area contributed by atoms with Crippen LogP contribution in [0.3, 0.4) is 0 Å². The van der Waals surface area contributed by atoms with Crippen molar-refractivity contribution < 1.29 is 9.47 Å². The summed E-state index contributed by atoms with van der Waals surface area (Å²) in [5.41, 5.74) is 4.86. The third-order valence-electron chi connectivity index (χ3n) is 4.73. The SMILES string of the molecule is CCOc1cc(CN[C@@H](C)c2ccccc2)ccc1OCc1ccc(C)cc1. The van der Waals surface area contributed by atoms with Crippen LogP contribution in [0, 0.1) is 6.92 Å². The van der Waals surface area contributed by atoms with E-state index in [-0.39, 0.29) is 6.04 Å². The minimum Gasteiger partial charge on any atom is -0.490 e. The van der Waals surface area contributed by atoms with E-state index in [0.717, 1.165) is 23.6 Å². The first-order chi connectivity index (χ1) is 13.7. The van der Waals surface area contributed by atoms with Crippen LogP contribution in [-0.4, -0.2) is 6.61 Å². The fourth-order valence-electron chi connectivity index (χ4n) is 3.03. The smallest absolute Gasteiger partial charge is 0.161 e. The first-order valence-corrected chi connectivity index (χ1v) is 9.88. The van der Waals surface area contributed by atoms with Gasteiger partial charge in [0.05, 0.1) is 6.61 Å². The van der Waals surface area contributed by atoms with Gasteiger partial charge in [0.15, 0.2) is 11.5 Å². The lowest BCUT2D eigenvalue weighted by molar-refractivity contribution is 0.269. The van der Waals surface area contributed by atoms with Crippen LogP contribution < -0.4 is 14.8 Å². The van der Waals surface area contributed by atoms with Gasteiger partial charge < -0.3 is 14.8 Å². The molecule has 0 amide bonds. The zero-order chi connectivity index (χ0) is 19.8. The molecular formula is C25H29NO2. The molecular weight excluding hydrogens is 346 g/mol. The molecule has 28 heavy (non-hydrogen) atoms. The standard InChI is InChI=1S/C25H29NO2/c1-4-27-25-16-22(17-26-20(3)23-8-6-5-7-9-23)14-15-24(25)28-18-21-12-10-19(2)11-13-21/h5-16,20,26H,4,17-18H2,1-3H3/t20-/m0/s1. The summed E-state index contributed by atoms with van der Waals surface area (Å²) in [6.07, 6.45) is 0. The van der Waals surface area contributed by atoms with E-state index in [1.165, 1.54) is 16.7 Å². The number of hydrogen-bond donors (Lipinski definition) is 1. The van der Waals surface area contributed by atoms with Crippen LogP contribution in [-0.2, 0) is 13.2 Å². The van der Waals surface area contributed by atoms with E-state index in [2.05, 4.69) is 79.8 Å². The predicted octanol–water partition coefficient (Wildman–Crippen LogP) is 5.82. The van der Waals surface area contributed by atoms with E-state index in [1.54, 1.807) is 0 Å². The molecule has 1 N–H and O–H groups in total. The highest BCUT2D eigenvalue weighted by atomic mass is 16.5. The third-order valence-corrected chi connectivity index (χ3v) is 4.73. The minimum atomic E-state index is 0.286. The van der Waals surface area contributed by atoms with E-state index >= 15 is 0 Å². The minimum absolute atomic E-state index is 0.286. The van der Waals surface area contributed by atoms with Gasteiger partial charge in [-0.1, -0.05) is 66.2 Å². The zero-order valence-corrected chi connectivity index (χ0v) is 16.9. The molecule has 0 spiro atoms. The fourth-order valence-corrected chi connectivity index (χ4v) is 3.03. The molecule has 3 rings (SSSR count). The van der Waals surface area contributed by atoms with Gasteiger partial charge in [0.1, 0.15) is 6.61 Å². The summed E-state index contributed by atoms with van der Waals surface area (Å²) in [5, 5.41) is 3.57. The zero-order valence-electron chi connectivity index (χ0n) is 16.9. The van der Waals surface area contributed by atoms with Crippen molar-refractivity contribution in [2.24, 2.45) is 0 Å². The molecule has 146 valence electrons. The summed E-state index contributed by atoms with van der Waals surface area (Å²) >= 11 is 0. The summed E-state index contributed by atoms with van der Waals surface area (Å²) < 4.78 is 11.8. The van der Waals surface area contributed by atoms with Crippen LogP contribution >= 0.6 is 0 Å². The summed E-state index contributed by atoms with van der Waals surface area (Å²) in [5.74, 6) is 1.57. The van der Waals surface area contributed by atoms with Gasteiger partial charge in [0.2, 0.25) is 0 Å². The lowest BCUT2D eigenvalue weighted by Gasteiger charge is -2.16. The Balaban J connectivity index is 1.63. The second-order valence-electron chi connectivity index (χ2n) is 7.00. The van der Waals surface area contributed by atoms with E-state index in [0.29, 0.717) is 13.2 Å². The van der Waals surface area contributed by atoms with Crippen molar-refractivity contribution in [2.75, 3.05) is 6.61 Å². The summed E-state index contributed by atoms with van der Waals surface area (Å²) in [7, 11) is 0. The van der Waals surface area contributed by atoms with Crippen molar-refractivity contribution in [2.45, 2.75) is 40.0 Å². The number of rotatable bonds is 9. The molecule has 0 saturated carbocycles. The second-order valence-corrected chi connectivity index (χ2v) is 7.00. The van der Waals surface area contributed by atoms with Crippen LogP contribution in [0.25, 0.3) is 0 Å². The quantitative estimate of drug-likeness (QED) is 0.511. The highest BCUT2D eigenvalue weighted by Crippen LogP contribution is 2.29. The lowest BCUT2D eigenvalue weighted by atomic mass is 10.1. The van der Waals surface area contributed by atoms with Gasteiger partial charge in [-0.15, -0.1) is 0 Å². The number of nitrogens with one attached hydrogen (secondary N) is 1. The van der Waals surface area contributed by atoms with Crippen LogP contribution in [0.1, 0.15) is 42.1 Å². The number of benzene rings is 3. The predicted molar refractivity (Wildman–Crippen MR) is 115 cm³/mol. The summed E-state index contributed by atoms with van der Waals surface area (Å²) in [6.45, 7) is 8.17. The van der Waals surface area contributed by atoms with Gasteiger partial charge in [-0.05, 0) is 49.6 Å². The topological polar surface area (TPSA) is 30.5 Å². The molecule has 1 atom stereocenters. The van der Waals surface area contributed by atoms with E-state index in [1.807, 2.05) is 19.1 Å². The van der Waals surface area contributed by atoms with Crippen molar-refractivity contribution in [3.63, 3.8) is 0 Å². The van der Waals surface area contributed by atoms with Gasteiger partial charge in [-0.2, -0.15) is 0 Å². The Morgan fingerprint density at radius 3 is 2.25 bits per heavy atom. The molecule has 0 aliphatic carbocycles. The van der Waals surface area contributed by atoms with Crippen LogP contribution in [0.5, 0.6) is 11.5 Å². The van der Waals surface area contributed by atoms with E-state index < -0.39 is 0 Å². The maximum absolute atomic E-state index is 6.02. The van der Waals surface area contributed by atoms with Crippen molar-refractivity contribution >= 4 is 0 Å². The monoisotopic (exact) mass is 375 g/mol. The normalized spacial score (nSPS) is 11.8. The van der Waals surface area contributed by atoms with Gasteiger partial charge in [0.25, 0.3) is 0 Å². The van der Waals surface area contributed by atoms with E-state index in [4.69, 9.17) is 9.47 Å². The van der Waals surface area contributed by atoms with Gasteiger partial charge in [-0.3, -0.25) is 0 Å². The molecule has 3 aromatic carbocycles. The highest BCUT2D eigenvalue weighted by molar-refractivity contribution is 5.43. The van der Waals surface area contributed by atoms with E-state index in [9.17, 15) is 0 Å². The largest absolute Gasteiger partial charge is 0.490 e. The number of aryl methyl sites for hydroxylation is 1. The van der Waals surface area contributed by atoms with Crippen molar-refractivity contribution in [3.05, 3.63) is 95.1 Å². The Hall–Kier alpha value is -2.78. The molecule has 0 radical (unpaired) electrons. The fraction of sp³-hybridized carbons (Fsp3) is 0.280. The summed E-state index contributed by atoms with van der Waals surface area (Å²) in [6, 6.07) is 25.3. The molecule has 0 unspecified atom stereocenters. The Labute approximate surface area is 168 Å². The molecule has 0 fully saturated rings. The molecule has 0 aliphatic heterocycles. The molecule has 3 nitrogen and oxygen atoms in total. The Kier molecular flexibility index (Phi) is 7.10. The third kappa shape index (κ3) is 5.61. The molecule has 3 heteroatoms.